The van der Waals surface area contributed by atoms with Crippen LogP contribution in [0.3, 0.4) is 0 Å². The largest absolute Gasteiger partial charge is 0.454 e. The Morgan fingerprint density at radius 3 is 2.35 bits per heavy atom. The maximum Gasteiger partial charge on any atom is 0.243 e. The van der Waals surface area contributed by atoms with E-state index in [0.717, 1.165) is 22.9 Å². The van der Waals surface area contributed by atoms with Gasteiger partial charge < -0.3 is 19.7 Å². The quantitative estimate of drug-likeness (QED) is 0.285. The van der Waals surface area contributed by atoms with Crippen LogP contribution >= 0.6 is 0 Å². The van der Waals surface area contributed by atoms with E-state index >= 15 is 0 Å². The number of rotatable bonds is 14. The van der Waals surface area contributed by atoms with E-state index in [0.29, 0.717) is 30.2 Å². The van der Waals surface area contributed by atoms with Crippen molar-refractivity contribution in [3.05, 3.63) is 89.5 Å². The zero-order valence-electron chi connectivity index (χ0n) is 25.3. The van der Waals surface area contributed by atoms with Crippen LogP contribution < -0.4 is 19.1 Å². The molecule has 0 saturated carbocycles. The number of benzene rings is 3. The Morgan fingerprint density at radius 1 is 0.953 bits per heavy atom. The summed E-state index contributed by atoms with van der Waals surface area (Å²) in [5.41, 5.74) is 3.35. The molecule has 1 aliphatic heterocycles. The molecule has 43 heavy (non-hydrogen) atoms. The monoisotopic (exact) mass is 607 g/mol. The van der Waals surface area contributed by atoms with E-state index in [4.69, 9.17) is 9.47 Å². The van der Waals surface area contributed by atoms with Crippen LogP contribution in [0.15, 0.2) is 72.8 Å². The van der Waals surface area contributed by atoms with Crippen molar-refractivity contribution in [3.8, 4) is 11.5 Å². The number of hydrogen-bond acceptors (Lipinski definition) is 6. The lowest BCUT2D eigenvalue weighted by Gasteiger charge is -2.32. The highest BCUT2D eigenvalue weighted by Crippen LogP contribution is 2.36. The van der Waals surface area contributed by atoms with Crippen molar-refractivity contribution in [2.24, 2.45) is 5.92 Å². The van der Waals surface area contributed by atoms with Gasteiger partial charge in [-0.05, 0) is 48.1 Å². The molecule has 0 spiro atoms. The lowest BCUT2D eigenvalue weighted by Crippen LogP contribution is -2.51. The number of sulfonamides is 1. The van der Waals surface area contributed by atoms with Crippen LogP contribution in [0.5, 0.6) is 11.5 Å². The number of nitrogens with zero attached hydrogens (tertiary/aromatic N) is 2. The summed E-state index contributed by atoms with van der Waals surface area (Å²) in [6.45, 7) is 6.96. The first-order chi connectivity index (χ1) is 20.5. The molecular formula is C33H41N3O6S. The van der Waals surface area contributed by atoms with Crippen molar-refractivity contribution < 1.29 is 27.5 Å². The van der Waals surface area contributed by atoms with Crippen molar-refractivity contribution in [2.45, 2.75) is 52.6 Å². The van der Waals surface area contributed by atoms with Crippen LogP contribution in [0, 0.1) is 12.8 Å². The SMILES string of the molecule is Cc1ccccc1CN(C(=O)CCCN(c1ccc2c(c1)OCO2)S(C)(=O)=O)C(Cc1ccccc1)C(=O)NCC(C)C. The van der Waals surface area contributed by atoms with Crippen LogP contribution in [-0.2, 0) is 32.6 Å². The molecule has 230 valence electrons. The third kappa shape index (κ3) is 8.73. The first-order valence-electron chi connectivity index (χ1n) is 14.6. The summed E-state index contributed by atoms with van der Waals surface area (Å²) in [7, 11) is -3.65. The lowest BCUT2D eigenvalue weighted by molar-refractivity contribution is -0.141. The second-order valence-corrected chi connectivity index (χ2v) is 13.2. The van der Waals surface area contributed by atoms with Gasteiger partial charge in [0, 0.05) is 38.5 Å². The molecule has 9 nitrogen and oxygen atoms in total. The first-order valence-corrected chi connectivity index (χ1v) is 16.4. The molecule has 1 atom stereocenters. The van der Waals surface area contributed by atoms with Gasteiger partial charge in [0.1, 0.15) is 6.04 Å². The summed E-state index contributed by atoms with van der Waals surface area (Å²) in [6.07, 6.45) is 1.81. The van der Waals surface area contributed by atoms with Crippen LogP contribution in [0.1, 0.15) is 43.4 Å². The standard InChI is InChI=1S/C33H41N3O6S/c1-24(2)21-34-33(38)29(19-26-12-6-5-7-13-26)35(22-27-14-9-8-11-25(27)3)32(37)15-10-18-36(43(4,39)40)28-16-17-30-31(20-28)42-23-41-30/h5-9,11-14,16-17,20,24,29H,10,15,18-19,21-23H2,1-4H3,(H,34,38). The summed E-state index contributed by atoms with van der Waals surface area (Å²) in [4.78, 5) is 29.3. The van der Waals surface area contributed by atoms with Crippen molar-refractivity contribution in [1.29, 1.82) is 0 Å². The predicted molar refractivity (Wildman–Crippen MR) is 167 cm³/mol. The molecule has 0 aromatic heterocycles. The Morgan fingerprint density at radius 2 is 1.65 bits per heavy atom. The number of anilines is 1. The van der Waals surface area contributed by atoms with Gasteiger partial charge in [0.15, 0.2) is 11.5 Å². The molecule has 2 amide bonds. The number of aryl methyl sites for hydroxylation is 1. The van der Waals surface area contributed by atoms with E-state index in [9.17, 15) is 18.0 Å². The molecule has 0 aliphatic carbocycles. The van der Waals surface area contributed by atoms with Crippen LogP contribution in [0.25, 0.3) is 0 Å². The molecule has 0 bridgehead atoms. The fourth-order valence-electron chi connectivity index (χ4n) is 4.99. The van der Waals surface area contributed by atoms with E-state index in [1.165, 1.54) is 4.31 Å². The number of carbonyl (C=O) groups excluding carboxylic acids is 2. The minimum Gasteiger partial charge on any atom is -0.454 e. The van der Waals surface area contributed by atoms with Gasteiger partial charge in [-0.15, -0.1) is 0 Å². The van der Waals surface area contributed by atoms with Gasteiger partial charge in [0.25, 0.3) is 0 Å². The Hall–Kier alpha value is -4.05. The maximum absolute atomic E-state index is 14.0. The molecule has 3 aromatic rings. The summed E-state index contributed by atoms with van der Waals surface area (Å²) < 4.78 is 37.6. The van der Waals surface area contributed by atoms with Crippen molar-refractivity contribution in [1.82, 2.24) is 10.2 Å². The van der Waals surface area contributed by atoms with Crippen molar-refractivity contribution >= 4 is 27.5 Å². The fourth-order valence-corrected chi connectivity index (χ4v) is 5.95. The van der Waals surface area contributed by atoms with Gasteiger partial charge in [-0.25, -0.2) is 8.42 Å². The molecule has 0 saturated heterocycles. The van der Waals surface area contributed by atoms with Crippen molar-refractivity contribution in [3.63, 3.8) is 0 Å². The lowest BCUT2D eigenvalue weighted by atomic mass is 10.0. The average molecular weight is 608 g/mol. The van der Waals surface area contributed by atoms with Crippen molar-refractivity contribution in [2.75, 3.05) is 30.4 Å². The van der Waals surface area contributed by atoms with Gasteiger partial charge >= 0.3 is 0 Å². The van der Waals surface area contributed by atoms with Gasteiger partial charge in [0.05, 0.1) is 11.9 Å². The van der Waals surface area contributed by atoms with Gasteiger partial charge in [-0.1, -0.05) is 68.4 Å². The second-order valence-electron chi connectivity index (χ2n) is 11.3. The second kappa shape index (κ2) is 14.4. The first kappa shape index (κ1) is 31.9. The summed E-state index contributed by atoms with van der Waals surface area (Å²) >= 11 is 0. The Bertz CT molecular complexity index is 1510. The number of hydrogen-bond donors (Lipinski definition) is 1. The third-order valence-corrected chi connectivity index (χ3v) is 8.55. The van der Waals surface area contributed by atoms with Gasteiger partial charge in [0.2, 0.25) is 28.6 Å². The van der Waals surface area contributed by atoms with E-state index in [-0.39, 0.29) is 50.5 Å². The zero-order chi connectivity index (χ0) is 31.0. The van der Waals surface area contributed by atoms with Gasteiger partial charge in [-0.3, -0.25) is 13.9 Å². The number of amides is 2. The van der Waals surface area contributed by atoms with Crippen LogP contribution in [0.2, 0.25) is 0 Å². The van der Waals surface area contributed by atoms with E-state index < -0.39 is 16.1 Å². The predicted octanol–water partition coefficient (Wildman–Crippen LogP) is 4.68. The Balaban J connectivity index is 1.58. The number of carbonyl (C=O) groups is 2. The fraction of sp³-hybridized carbons (Fsp3) is 0.394. The van der Waals surface area contributed by atoms with Crippen LogP contribution in [0.4, 0.5) is 5.69 Å². The molecule has 1 unspecified atom stereocenters. The smallest absolute Gasteiger partial charge is 0.243 e. The average Bonchev–Trinajstić information content (AvgIpc) is 3.44. The third-order valence-electron chi connectivity index (χ3n) is 7.35. The molecule has 1 heterocycles. The minimum atomic E-state index is -3.65. The van der Waals surface area contributed by atoms with E-state index in [1.807, 2.05) is 75.4 Å². The normalized spacial score (nSPS) is 13.0. The number of nitrogens with one attached hydrogen (secondary N) is 1. The number of fused-ring (bicyclic) bond motifs is 1. The number of ether oxygens (including phenoxy) is 2. The molecule has 4 rings (SSSR count). The molecular weight excluding hydrogens is 566 g/mol. The molecule has 10 heteroatoms. The summed E-state index contributed by atoms with van der Waals surface area (Å²) in [5.74, 6) is 0.850. The highest BCUT2D eigenvalue weighted by molar-refractivity contribution is 7.92. The summed E-state index contributed by atoms with van der Waals surface area (Å²) in [6, 6.07) is 21.7. The molecule has 0 fully saturated rings. The molecule has 1 N–H and O–H groups in total. The highest BCUT2D eigenvalue weighted by atomic mass is 32.2. The minimum absolute atomic E-state index is 0.0607. The van der Waals surface area contributed by atoms with Crippen LogP contribution in [-0.4, -0.2) is 57.3 Å². The molecule has 0 radical (unpaired) electrons. The Kier molecular flexibility index (Phi) is 10.7. The topological polar surface area (TPSA) is 105 Å². The maximum atomic E-state index is 14.0. The highest BCUT2D eigenvalue weighted by Gasteiger charge is 2.31. The molecule has 3 aromatic carbocycles. The van der Waals surface area contributed by atoms with E-state index in [1.54, 1.807) is 23.1 Å². The van der Waals surface area contributed by atoms with Gasteiger partial charge in [-0.2, -0.15) is 0 Å². The summed E-state index contributed by atoms with van der Waals surface area (Å²) in [5, 5.41) is 3.03. The zero-order valence-corrected chi connectivity index (χ0v) is 26.1. The molecule has 1 aliphatic rings. The van der Waals surface area contributed by atoms with E-state index in [2.05, 4.69) is 5.32 Å². The Labute approximate surface area is 254 Å².